The van der Waals surface area contributed by atoms with Crippen molar-refractivity contribution in [3.05, 3.63) is 64.2 Å². The number of nitrogens with zero attached hydrogens (tertiary/aromatic N) is 1. The van der Waals surface area contributed by atoms with Crippen LogP contribution in [0.4, 0.5) is 5.69 Å². The number of anilines is 1. The highest BCUT2D eigenvalue weighted by Crippen LogP contribution is 2.22. The van der Waals surface area contributed by atoms with Crippen LogP contribution in [0.25, 0.3) is 0 Å². The van der Waals surface area contributed by atoms with E-state index in [0.717, 1.165) is 11.1 Å². The van der Waals surface area contributed by atoms with Gasteiger partial charge in [-0.15, -0.1) is 0 Å². The van der Waals surface area contributed by atoms with Gasteiger partial charge in [-0.1, -0.05) is 43.6 Å². The van der Waals surface area contributed by atoms with Gasteiger partial charge in [-0.2, -0.15) is 0 Å². The lowest BCUT2D eigenvalue weighted by molar-refractivity contribution is -0.142. The summed E-state index contributed by atoms with van der Waals surface area (Å²) < 4.78 is 5.02. The van der Waals surface area contributed by atoms with Gasteiger partial charge in [0, 0.05) is 17.3 Å². The van der Waals surface area contributed by atoms with Gasteiger partial charge in [0.05, 0.1) is 12.2 Å². The molecule has 0 heterocycles. The topological polar surface area (TPSA) is 78.9 Å². The Hall–Kier alpha value is -2.64. The van der Waals surface area contributed by atoms with Crippen LogP contribution in [-0.2, 0) is 16.1 Å². The molecule has 0 unspecified atom stereocenters. The lowest BCUT2D eigenvalue weighted by Gasteiger charge is -2.32. The van der Waals surface area contributed by atoms with Gasteiger partial charge in [0.15, 0.2) is 5.11 Å². The van der Waals surface area contributed by atoms with Crippen molar-refractivity contribution in [2.45, 2.75) is 46.7 Å². The molecule has 2 aromatic rings. The lowest BCUT2D eigenvalue weighted by Crippen LogP contribution is -2.47. The summed E-state index contributed by atoms with van der Waals surface area (Å²) in [4.78, 5) is 25.7. The molecule has 2 aromatic carbocycles. The van der Waals surface area contributed by atoms with Crippen LogP contribution in [0.1, 0.15) is 48.7 Å². The van der Waals surface area contributed by atoms with Crippen LogP contribution in [0.2, 0.25) is 5.02 Å². The molecule has 32 heavy (non-hydrogen) atoms. The molecule has 0 aliphatic heterocycles. The van der Waals surface area contributed by atoms with E-state index in [1.54, 1.807) is 42.2 Å². The summed E-state index contributed by atoms with van der Waals surface area (Å²) in [6, 6.07) is 11.5. The van der Waals surface area contributed by atoms with Crippen LogP contribution >= 0.6 is 23.8 Å². The Balaban J connectivity index is 2.30. The standard InChI is InChI=1S/C24H29ClN2O4S/c1-5-31-23(30)18-9-7-17(8-10-18)14-27(21(22(28)29)12-15(2)3)24(32)26-19-11-6-16(4)20(25)13-19/h6-11,13,15,21H,5,12,14H2,1-4H3,(H,26,32)(H,28,29)/t21-/m1/s1. The van der Waals surface area contributed by atoms with Crippen molar-refractivity contribution in [2.75, 3.05) is 11.9 Å². The number of aryl methyl sites for hydroxylation is 1. The lowest BCUT2D eigenvalue weighted by atomic mass is 10.0. The monoisotopic (exact) mass is 476 g/mol. The fourth-order valence-electron chi connectivity index (χ4n) is 3.15. The molecule has 172 valence electrons. The maximum atomic E-state index is 12.1. The number of esters is 1. The van der Waals surface area contributed by atoms with Gasteiger partial charge in [0.2, 0.25) is 0 Å². The van der Waals surface area contributed by atoms with Crippen molar-refractivity contribution >= 4 is 46.6 Å². The molecule has 0 spiro atoms. The molecule has 2 N–H and O–H groups in total. The first kappa shape index (κ1) is 25.6. The molecule has 1 atom stereocenters. The Morgan fingerprint density at radius 1 is 1.19 bits per heavy atom. The maximum Gasteiger partial charge on any atom is 0.338 e. The Morgan fingerprint density at radius 2 is 1.84 bits per heavy atom. The van der Waals surface area contributed by atoms with Crippen LogP contribution in [0.5, 0.6) is 0 Å². The predicted molar refractivity (Wildman–Crippen MR) is 131 cm³/mol. The minimum absolute atomic E-state index is 0.154. The highest BCUT2D eigenvalue weighted by atomic mass is 35.5. The summed E-state index contributed by atoms with van der Waals surface area (Å²) in [6.45, 7) is 8.15. The largest absolute Gasteiger partial charge is 0.480 e. The minimum Gasteiger partial charge on any atom is -0.480 e. The zero-order valence-corrected chi connectivity index (χ0v) is 20.3. The Labute approximate surface area is 199 Å². The number of hydrogen-bond donors (Lipinski definition) is 2. The number of ether oxygens (including phenoxy) is 1. The molecule has 2 rings (SSSR count). The molecule has 0 amide bonds. The highest BCUT2D eigenvalue weighted by molar-refractivity contribution is 7.80. The number of halogens is 1. The first-order valence-electron chi connectivity index (χ1n) is 10.4. The zero-order chi connectivity index (χ0) is 23.8. The molecule has 0 radical (unpaired) electrons. The van der Waals surface area contributed by atoms with E-state index in [0.29, 0.717) is 29.3 Å². The molecule has 6 nitrogen and oxygen atoms in total. The fraction of sp³-hybridized carbons (Fsp3) is 0.375. The summed E-state index contributed by atoms with van der Waals surface area (Å²) in [5, 5.41) is 13.9. The normalized spacial score (nSPS) is 11.7. The summed E-state index contributed by atoms with van der Waals surface area (Å²) in [7, 11) is 0. The maximum absolute atomic E-state index is 12.1. The van der Waals surface area contributed by atoms with E-state index in [2.05, 4.69) is 5.32 Å². The van der Waals surface area contributed by atoms with E-state index in [1.165, 1.54) is 0 Å². The number of benzene rings is 2. The van der Waals surface area contributed by atoms with Crippen molar-refractivity contribution < 1.29 is 19.4 Å². The number of carbonyl (C=O) groups is 2. The Morgan fingerprint density at radius 3 is 2.38 bits per heavy atom. The third-order valence-corrected chi connectivity index (χ3v) is 5.60. The number of nitrogens with one attached hydrogen (secondary N) is 1. The second-order valence-electron chi connectivity index (χ2n) is 7.92. The third kappa shape index (κ3) is 7.21. The van der Waals surface area contributed by atoms with E-state index in [9.17, 15) is 14.7 Å². The van der Waals surface area contributed by atoms with E-state index in [4.69, 9.17) is 28.6 Å². The summed E-state index contributed by atoms with van der Waals surface area (Å²) in [5.74, 6) is -1.19. The second kappa shape index (κ2) is 11.8. The first-order chi connectivity index (χ1) is 15.1. The molecule has 0 bridgehead atoms. The van der Waals surface area contributed by atoms with Gasteiger partial charge < -0.3 is 20.1 Å². The average molecular weight is 477 g/mol. The number of rotatable bonds is 9. The van der Waals surface area contributed by atoms with E-state index >= 15 is 0 Å². The summed E-state index contributed by atoms with van der Waals surface area (Å²) in [5.41, 5.74) is 2.88. The fourth-order valence-corrected chi connectivity index (χ4v) is 3.64. The van der Waals surface area contributed by atoms with Crippen molar-refractivity contribution in [3.8, 4) is 0 Å². The molecular weight excluding hydrogens is 448 g/mol. The van der Waals surface area contributed by atoms with E-state index in [1.807, 2.05) is 32.9 Å². The predicted octanol–water partition coefficient (Wildman–Crippen LogP) is 5.52. The number of aliphatic carboxylic acids is 1. The Kier molecular flexibility index (Phi) is 9.47. The van der Waals surface area contributed by atoms with E-state index in [-0.39, 0.29) is 17.6 Å². The van der Waals surface area contributed by atoms with Crippen molar-refractivity contribution in [1.29, 1.82) is 0 Å². The van der Waals surface area contributed by atoms with Gasteiger partial charge in [-0.25, -0.2) is 9.59 Å². The van der Waals surface area contributed by atoms with Gasteiger partial charge in [0.25, 0.3) is 0 Å². The van der Waals surface area contributed by atoms with Crippen LogP contribution in [0.15, 0.2) is 42.5 Å². The van der Waals surface area contributed by atoms with Crippen molar-refractivity contribution in [2.24, 2.45) is 5.92 Å². The average Bonchev–Trinajstić information content (AvgIpc) is 2.73. The summed E-state index contributed by atoms with van der Waals surface area (Å²) >= 11 is 11.8. The van der Waals surface area contributed by atoms with Crippen LogP contribution < -0.4 is 5.32 Å². The number of carboxylic acids is 1. The number of carboxylic acid groups (broad SMARTS) is 1. The zero-order valence-electron chi connectivity index (χ0n) is 18.7. The first-order valence-corrected chi connectivity index (χ1v) is 11.2. The molecule has 8 heteroatoms. The quantitative estimate of drug-likeness (QED) is 0.364. The molecule has 0 aromatic heterocycles. The number of thiocarbonyl (C=S) groups is 1. The van der Waals surface area contributed by atoms with Crippen molar-refractivity contribution in [1.82, 2.24) is 4.90 Å². The molecule has 0 fully saturated rings. The van der Waals surface area contributed by atoms with Crippen LogP contribution in [0, 0.1) is 12.8 Å². The van der Waals surface area contributed by atoms with Crippen LogP contribution in [-0.4, -0.2) is 39.7 Å². The van der Waals surface area contributed by atoms with Crippen LogP contribution in [0.3, 0.4) is 0 Å². The van der Waals surface area contributed by atoms with Crippen molar-refractivity contribution in [3.63, 3.8) is 0 Å². The van der Waals surface area contributed by atoms with E-state index < -0.39 is 18.0 Å². The molecule has 0 saturated carbocycles. The smallest absolute Gasteiger partial charge is 0.338 e. The van der Waals surface area contributed by atoms with Gasteiger partial charge in [-0.05, 0) is 73.8 Å². The SMILES string of the molecule is CCOC(=O)c1ccc(CN(C(=S)Nc2ccc(C)c(Cl)c2)[C@H](CC(C)C)C(=O)O)cc1. The molecule has 0 aliphatic carbocycles. The number of carbonyl (C=O) groups excluding carboxylic acids is 1. The second-order valence-corrected chi connectivity index (χ2v) is 8.72. The molecular formula is C24H29ClN2O4S. The number of hydrogen-bond acceptors (Lipinski definition) is 4. The van der Waals surface area contributed by atoms with Gasteiger partial charge in [0.1, 0.15) is 6.04 Å². The molecule has 0 aliphatic rings. The Bertz CT molecular complexity index is 963. The highest BCUT2D eigenvalue weighted by Gasteiger charge is 2.29. The minimum atomic E-state index is -0.951. The van der Waals surface area contributed by atoms with Gasteiger partial charge >= 0.3 is 11.9 Å². The molecule has 0 saturated heterocycles. The summed E-state index contributed by atoms with van der Waals surface area (Å²) in [6.07, 6.45) is 0.423. The van der Waals surface area contributed by atoms with Gasteiger partial charge in [-0.3, -0.25) is 0 Å². The third-order valence-electron chi connectivity index (χ3n) is 4.86.